The fourth-order valence-corrected chi connectivity index (χ4v) is 0.185. The maximum Gasteiger partial charge on any atom is 0.0277 e. The molecular formula is C6H7N. The van der Waals surface area contributed by atoms with Crippen LogP contribution in [0.25, 0.3) is 0 Å². The van der Waals surface area contributed by atoms with E-state index in [4.69, 9.17) is 6.42 Å². The number of nitrogens with zero attached hydrogens (tertiary/aromatic N) is 1. The highest BCUT2D eigenvalue weighted by Crippen LogP contribution is 1.61. The standard InChI is InChI=1S/C6H7N/c1-3-4-5-6-7-2/h1,4-6H,2H3/b5-4-,7-6-. The number of terminal acetylenes is 1. The molecule has 0 aliphatic carbocycles. The molecule has 0 radical (unpaired) electrons. The summed E-state index contributed by atoms with van der Waals surface area (Å²) in [6, 6.07) is 0. The van der Waals surface area contributed by atoms with Crippen LogP contribution in [0, 0.1) is 12.3 Å². The second-order valence-corrected chi connectivity index (χ2v) is 0.933. The fourth-order valence-electron chi connectivity index (χ4n) is 0.185. The van der Waals surface area contributed by atoms with Gasteiger partial charge in [0.2, 0.25) is 0 Å². The Morgan fingerprint density at radius 1 is 1.71 bits per heavy atom. The molecule has 0 saturated heterocycles. The molecule has 0 aliphatic rings. The Bertz CT molecular complexity index is 115. The normalized spacial score (nSPS) is 10.3. The molecule has 7 heavy (non-hydrogen) atoms. The number of hydrogen-bond acceptors (Lipinski definition) is 1. The third-order valence-corrected chi connectivity index (χ3v) is 0.428. The predicted octanol–water partition coefficient (Wildman–Crippen LogP) is 0.876. The van der Waals surface area contributed by atoms with Crippen molar-refractivity contribution in [3.63, 3.8) is 0 Å². The summed E-state index contributed by atoms with van der Waals surface area (Å²) in [5, 5.41) is 0. The van der Waals surface area contributed by atoms with Crippen molar-refractivity contribution in [1.82, 2.24) is 0 Å². The molecule has 0 aromatic carbocycles. The highest BCUT2D eigenvalue weighted by Gasteiger charge is 1.52. The molecule has 0 atom stereocenters. The molecule has 0 bridgehead atoms. The van der Waals surface area contributed by atoms with Gasteiger partial charge >= 0.3 is 0 Å². The minimum Gasteiger partial charge on any atom is -0.296 e. The fraction of sp³-hybridized carbons (Fsp3) is 0.167. The third-order valence-electron chi connectivity index (χ3n) is 0.428. The van der Waals surface area contributed by atoms with Crippen LogP contribution in [0.5, 0.6) is 0 Å². The van der Waals surface area contributed by atoms with Crippen molar-refractivity contribution in [3.8, 4) is 12.3 Å². The van der Waals surface area contributed by atoms with Gasteiger partial charge < -0.3 is 0 Å². The smallest absolute Gasteiger partial charge is 0.0277 e. The van der Waals surface area contributed by atoms with Crippen molar-refractivity contribution in [2.24, 2.45) is 4.99 Å². The Kier molecular flexibility index (Phi) is 4.24. The first-order valence-electron chi connectivity index (χ1n) is 1.95. The van der Waals surface area contributed by atoms with Crippen LogP contribution in [-0.2, 0) is 0 Å². The van der Waals surface area contributed by atoms with Crippen LogP contribution in [-0.4, -0.2) is 13.3 Å². The minimum atomic E-state index is 1.59. The van der Waals surface area contributed by atoms with E-state index in [-0.39, 0.29) is 0 Å². The molecule has 0 aromatic heterocycles. The minimum absolute atomic E-state index is 1.59. The second kappa shape index (κ2) is 4.97. The van der Waals surface area contributed by atoms with Crippen molar-refractivity contribution < 1.29 is 0 Å². The van der Waals surface area contributed by atoms with Gasteiger partial charge in [0.1, 0.15) is 0 Å². The second-order valence-electron chi connectivity index (χ2n) is 0.933. The number of hydrogen-bond donors (Lipinski definition) is 0. The summed E-state index contributed by atoms with van der Waals surface area (Å²) in [5.74, 6) is 2.33. The first-order chi connectivity index (χ1) is 3.41. The zero-order chi connectivity index (χ0) is 5.54. The molecule has 0 N–H and O–H groups in total. The topological polar surface area (TPSA) is 12.4 Å². The van der Waals surface area contributed by atoms with Gasteiger partial charge in [0.05, 0.1) is 0 Å². The van der Waals surface area contributed by atoms with Gasteiger partial charge in [0.25, 0.3) is 0 Å². The molecule has 0 aliphatic heterocycles. The van der Waals surface area contributed by atoms with Gasteiger partial charge in [0.15, 0.2) is 0 Å². The molecule has 1 nitrogen and oxygen atoms in total. The van der Waals surface area contributed by atoms with E-state index in [0.29, 0.717) is 0 Å². The molecule has 0 spiro atoms. The van der Waals surface area contributed by atoms with Crippen LogP contribution in [0.1, 0.15) is 0 Å². The van der Waals surface area contributed by atoms with Crippen molar-refractivity contribution in [1.29, 1.82) is 0 Å². The number of rotatable bonds is 1. The van der Waals surface area contributed by atoms with Crippen molar-refractivity contribution in [3.05, 3.63) is 12.2 Å². The highest BCUT2D eigenvalue weighted by molar-refractivity contribution is 5.71. The van der Waals surface area contributed by atoms with Crippen LogP contribution in [0.4, 0.5) is 0 Å². The summed E-state index contributed by atoms with van der Waals surface area (Å²) in [5.41, 5.74) is 0. The Hall–Kier alpha value is -1.03. The van der Waals surface area contributed by atoms with E-state index in [1.54, 1.807) is 25.4 Å². The van der Waals surface area contributed by atoms with Crippen LogP contribution in [0.15, 0.2) is 17.1 Å². The monoisotopic (exact) mass is 93.1 g/mol. The molecule has 0 unspecified atom stereocenters. The SMILES string of the molecule is C#C/C=C\C=N/C. The maximum atomic E-state index is 4.87. The molecule has 0 aromatic rings. The molecule has 0 saturated carbocycles. The Morgan fingerprint density at radius 2 is 2.43 bits per heavy atom. The van der Waals surface area contributed by atoms with Gasteiger partial charge in [-0.05, 0) is 12.2 Å². The van der Waals surface area contributed by atoms with Crippen LogP contribution < -0.4 is 0 Å². The Labute approximate surface area is 43.8 Å². The van der Waals surface area contributed by atoms with Crippen molar-refractivity contribution in [2.75, 3.05) is 7.05 Å². The molecular weight excluding hydrogens is 86.1 g/mol. The summed E-state index contributed by atoms with van der Waals surface area (Å²) in [4.78, 5) is 3.67. The summed E-state index contributed by atoms with van der Waals surface area (Å²) >= 11 is 0. The van der Waals surface area contributed by atoms with Gasteiger partial charge in [-0.1, -0.05) is 5.92 Å². The molecule has 0 fully saturated rings. The molecule has 1 heteroatoms. The number of allylic oxidation sites excluding steroid dienone is 2. The summed E-state index contributed by atoms with van der Waals surface area (Å²) in [7, 11) is 1.70. The largest absolute Gasteiger partial charge is 0.296 e. The van der Waals surface area contributed by atoms with Crippen LogP contribution >= 0.6 is 0 Å². The van der Waals surface area contributed by atoms with Gasteiger partial charge in [-0.25, -0.2) is 0 Å². The average molecular weight is 93.1 g/mol. The lowest BCUT2D eigenvalue weighted by atomic mass is 10.5. The Balaban J connectivity index is 3.33. The summed E-state index contributed by atoms with van der Waals surface area (Å²) in [6.45, 7) is 0. The van der Waals surface area contributed by atoms with Crippen LogP contribution in [0.3, 0.4) is 0 Å². The zero-order valence-electron chi connectivity index (χ0n) is 4.26. The summed E-state index contributed by atoms with van der Waals surface area (Å²) < 4.78 is 0. The lowest BCUT2D eigenvalue weighted by molar-refractivity contribution is 1.48. The van der Waals surface area contributed by atoms with E-state index in [2.05, 4.69) is 10.9 Å². The average Bonchev–Trinajstić information content (AvgIpc) is 1.69. The summed E-state index contributed by atoms with van der Waals surface area (Å²) in [6.07, 6.45) is 9.81. The van der Waals surface area contributed by atoms with Gasteiger partial charge in [-0.15, -0.1) is 6.42 Å². The number of aliphatic imine (C=N–C) groups is 1. The predicted molar refractivity (Wildman–Crippen MR) is 32.4 cm³/mol. The quantitative estimate of drug-likeness (QED) is 0.337. The van der Waals surface area contributed by atoms with E-state index in [1.807, 2.05) is 0 Å². The first kappa shape index (κ1) is 5.97. The molecule has 36 valence electrons. The van der Waals surface area contributed by atoms with Gasteiger partial charge in [-0.3, -0.25) is 4.99 Å². The van der Waals surface area contributed by atoms with E-state index in [9.17, 15) is 0 Å². The first-order valence-corrected chi connectivity index (χ1v) is 1.95. The lowest BCUT2D eigenvalue weighted by Gasteiger charge is -1.63. The van der Waals surface area contributed by atoms with E-state index >= 15 is 0 Å². The van der Waals surface area contributed by atoms with E-state index in [1.165, 1.54) is 0 Å². The molecule has 0 heterocycles. The van der Waals surface area contributed by atoms with E-state index < -0.39 is 0 Å². The van der Waals surface area contributed by atoms with Crippen LogP contribution in [0.2, 0.25) is 0 Å². The van der Waals surface area contributed by atoms with Gasteiger partial charge in [-0.2, -0.15) is 0 Å². The lowest BCUT2D eigenvalue weighted by Crippen LogP contribution is -1.58. The van der Waals surface area contributed by atoms with Gasteiger partial charge in [0, 0.05) is 13.3 Å². The highest BCUT2D eigenvalue weighted by atomic mass is 14.6. The third kappa shape index (κ3) is 4.97. The maximum absolute atomic E-state index is 4.87. The molecule has 0 rings (SSSR count). The van der Waals surface area contributed by atoms with Crippen molar-refractivity contribution in [2.45, 2.75) is 0 Å². The molecule has 0 amide bonds. The van der Waals surface area contributed by atoms with Crippen molar-refractivity contribution >= 4 is 6.21 Å². The van der Waals surface area contributed by atoms with E-state index in [0.717, 1.165) is 0 Å². The zero-order valence-corrected chi connectivity index (χ0v) is 4.26. The Morgan fingerprint density at radius 3 is 2.86 bits per heavy atom.